The molecule has 0 bridgehead atoms. The van der Waals surface area contributed by atoms with Crippen LogP contribution in [0.15, 0.2) is 46.9 Å². The van der Waals surface area contributed by atoms with Gasteiger partial charge in [-0.2, -0.15) is 0 Å². The van der Waals surface area contributed by atoms with E-state index in [2.05, 4.69) is 31.9 Å². The first kappa shape index (κ1) is 14.7. The summed E-state index contributed by atoms with van der Waals surface area (Å²) in [6, 6.07) is 11.7. The Morgan fingerprint density at radius 3 is 2.16 bits per heavy atom. The second-order valence-electron chi connectivity index (χ2n) is 4.28. The molecule has 0 spiro atoms. The fraction of sp³-hybridized carbons (Fsp3) is 0.200. The largest absolute Gasteiger partial charge is 0.207 e. The normalized spacial score (nSPS) is 12.4. The third kappa shape index (κ3) is 3.42. The molecule has 19 heavy (non-hydrogen) atoms. The van der Waals surface area contributed by atoms with E-state index >= 15 is 0 Å². The lowest BCUT2D eigenvalue weighted by Crippen LogP contribution is -2.08. The van der Waals surface area contributed by atoms with Crippen LogP contribution in [0.5, 0.6) is 0 Å². The fourth-order valence-corrected chi connectivity index (χ4v) is 3.21. The molecule has 2 aromatic carbocycles. The highest BCUT2D eigenvalue weighted by molar-refractivity contribution is 9.10. The van der Waals surface area contributed by atoms with Crippen molar-refractivity contribution in [2.75, 3.05) is 5.33 Å². The van der Waals surface area contributed by atoms with Gasteiger partial charge in [-0.05, 0) is 36.1 Å². The minimum absolute atomic E-state index is 0.0157. The molecule has 100 valence electrons. The van der Waals surface area contributed by atoms with Gasteiger partial charge in [0.05, 0.1) is 0 Å². The quantitative estimate of drug-likeness (QED) is 0.610. The van der Waals surface area contributed by atoms with Gasteiger partial charge in [-0.25, -0.2) is 8.78 Å². The van der Waals surface area contributed by atoms with E-state index in [9.17, 15) is 8.78 Å². The van der Waals surface area contributed by atoms with Gasteiger partial charge in [-0.1, -0.05) is 56.1 Å². The van der Waals surface area contributed by atoms with Gasteiger partial charge in [0.15, 0.2) is 0 Å². The summed E-state index contributed by atoms with van der Waals surface area (Å²) < 4.78 is 28.3. The first-order chi connectivity index (χ1) is 9.13. The summed E-state index contributed by atoms with van der Waals surface area (Å²) in [5.41, 5.74) is 1.18. The number of rotatable bonds is 4. The van der Waals surface area contributed by atoms with E-state index in [1.165, 1.54) is 18.2 Å². The second kappa shape index (κ2) is 6.62. The summed E-state index contributed by atoms with van der Waals surface area (Å²) in [6.45, 7) is 0. The zero-order valence-electron chi connectivity index (χ0n) is 10.0. The van der Waals surface area contributed by atoms with Gasteiger partial charge in [-0.15, -0.1) is 0 Å². The number of benzene rings is 2. The van der Waals surface area contributed by atoms with E-state index in [0.717, 1.165) is 10.0 Å². The average Bonchev–Trinajstić information content (AvgIpc) is 2.40. The second-order valence-corrected chi connectivity index (χ2v) is 5.78. The van der Waals surface area contributed by atoms with Crippen LogP contribution in [-0.2, 0) is 6.42 Å². The number of hydrogen-bond donors (Lipinski definition) is 0. The van der Waals surface area contributed by atoms with E-state index in [4.69, 9.17) is 0 Å². The summed E-state index contributed by atoms with van der Waals surface area (Å²) in [5, 5.41) is 0.642. The molecule has 0 fully saturated rings. The number of alkyl halides is 1. The van der Waals surface area contributed by atoms with Gasteiger partial charge < -0.3 is 0 Å². The standard InChI is InChI=1S/C15H12Br2F2/c16-9-10(11-4-1-2-5-13(11)17)8-12-14(18)6-3-7-15(12)19/h1-7,10H,8-9H2. The third-order valence-corrected chi connectivity index (χ3v) is 4.55. The zero-order valence-corrected chi connectivity index (χ0v) is 13.2. The minimum Gasteiger partial charge on any atom is -0.207 e. The molecule has 0 N–H and O–H groups in total. The molecule has 0 saturated heterocycles. The lowest BCUT2D eigenvalue weighted by atomic mass is 9.93. The molecule has 0 heterocycles. The molecule has 0 nitrogen and oxygen atoms in total. The van der Waals surface area contributed by atoms with Gasteiger partial charge in [-0.3, -0.25) is 0 Å². The highest BCUT2D eigenvalue weighted by Gasteiger charge is 2.18. The zero-order chi connectivity index (χ0) is 13.8. The summed E-state index contributed by atoms with van der Waals surface area (Å²) in [7, 11) is 0. The van der Waals surface area contributed by atoms with Crippen LogP contribution in [0.3, 0.4) is 0 Å². The SMILES string of the molecule is Fc1cccc(F)c1CC(CBr)c1ccccc1Br. The smallest absolute Gasteiger partial charge is 0.129 e. The number of halogens is 4. The molecule has 0 aliphatic rings. The Morgan fingerprint density at radius 2 is 1.58 bits per heavy atom. The topological polar surface area (TPSA) is 0 Å². The van der Waals surface area contributed by atoms with Gasteiger partial charge in [0.25, 0.3) is 0 Å². The van der Waals surface area contributed by atoms with Gasteiger partial charge in [0, 0.05) is 15.4 Å². The minimum atomic E-state index is -0.488. The Kier molecular flexibility index (Phi) is 5.11. The monoisotopic (exact) mass is 388 g/mol. The lowest BCUT2D eigenvalue weighted by Gasteiger charge is -2.17. The van der Waals surface area contributed by atoms with E-state index in [1.54, 1.807) is 0 Å². The van der Waals surface area contributed by atoms with Crippen LogP contribution >= 0.6 is 31.9 Å². The van der Waals surface area contributed by atoms with Crippen molar-refractivity contribution in [1.82, 2.24) is 0 Å². The van der Waals surface area contributed by atoms with Crippen molar-refractivity contribution in [3.8, 4) is 0 Å². The van der Waals surface area contributed by atoms with Crippen molar-refractivity contribution >= 4 is 31.9 Å². The van der Waals surface area contributed by atoms with Crippen LogP contribution in [0, 0.1) is 11.6 Å². The molecular weight excluding hydrogens is 378 g/mol. The van der Waals surface area contributed by atoms with E-state index in [-0.39, 0.29) is 11.5 Å². The van der Waals surface area contributed by atoms with Crippen molar-refractivity contribution in [1.29, 1.82) is 0 Å². The molecule has 0 radical (unpaired) electrons. The van der Waals surface area contributed by atoms with Crippen LogP contribution in [0.1, 0.15) is 17.0 Å². The highest BCUT2D eigenvalue weighted by Crippen LogP contribution is 2.30. The first-order valence-electron chi connectivity index (χ1n) is 5.86. The summed E-state index contributed by atoms with van der Waals surface area (Å²) in [4.78, 5) is 0. The maximum Gasteiger partial charge on any atom is 0.129 e. The van der Waals surface area contributed by atoms with Crippen molar-refractivity contribution < 1.29 is 8.78 Å². The highest BCUT2D eigenvalue weighted by atomic mass is 79.9. The molecule has 0 aliphatic heterocycles. The third-order valence-electron chi connectivity index (χ3n) is 3.04. The van der Waals surface area contributed by atoms with E-state index in [0.29, 0.717) is 11.8 Å². The van der Waals surface area contributed by atoms with Crippen LogP contribution in [0.4, 0.5) is 8.78 Å². The Morgan fingerprint density at radius 1 is 0.947 bits per heavy atom. The van der Waals surface area contributed by atoms with Gasteiger partial charge >= 0.3 is 0 Å². The van der Waals surface area contributed by atoms with Gasteiger partial charge in [0.2, 0.25) is 0 Å². The van der Waals surface area contributed by atoms with E-state index in [1.807, 2.05) is 24.3 Å². The first-order valence-corrected chi connectivity index (χ1v) is 7.78. The van der Waals surface area contributed by atoms with Crippen LogP contribution in [0.25, 0.3) is 0 Å². The molecule has 0 aliphatic carbocycles. The fourth-order valence-electron chi connectivity index (χ4n) is 2.03. The Balaban J connectivity index is 2.32. The summed E-state index contributed by atoms with van der Waals surface area (Å²) >= 11 is 6.91. The molecule has 2 rings (SSSR count). The van der Waals surface area contributed by atoms with Crippen LogP contribution in [-0.4, -0.2) is 5.33 Å². The molecule has 0 amide bonds. The molecule has 2 aromatic rings. The lowest BCUT2D eigenvalue weighted by molar-refractivity contribution is 0.544. The molecule has 1 unspecified atom stereocenters. The Hall–Kier alpha value is -0.740. The molecular formula is C15H12Br2F2. The van der Waals surface area contributed by atoms with Crippen molar-refractivity contribution in [2.24, 2.45) is 0 Å². The maximum absolute atomic E-state index is 13.7. The predicted octanol–water partition coefficient (Wildman–Crippen LogP) is 5.45. The maximum atomic E-state index is 13.7. The van der Waals surface area contributed by atoms with Gasteiger partial charge in [0.1, 0.15) is 11.6 Å². The molecule has 4 heteroatoms. The average molecular weight is 390 g/mol. The van der Waals surface area contributed by atoms with Crippen molar-refractivity contribution in [2.45, 2.75) is 12.3 Å². The van der Waals surface area contributed by atoms with Crippen molar-refractivity contribution in [3.63, 3.8) is 0 Å². The molecule has 1 atom stereocenters. The summed E-state index contributed by atoms with van der Waals surface area (Å²) in [5.74, 6) is -0.960. The predicted molar refractivity (Wildman–Crippen MR) is 80.7 cm³/mol. The van der Waals surface area contributed by atoms with Crippen LogP contribution < -0.4 is 0 Å². The number of hydrogen-bond acceptors (Lipinski definition) is 0. The Bertz CT molecular complexity index is 550. The van der Waals surface area contributed by atoms with Crippen LogP contribution in [0.2, 0.25) is 0 Å². The summed E-state index contributed by atoms with van der Waals surface area (Å²) in [6.07, 6.45) is 0.326. The van der Waals surface area contributed by atoms with Crippen molar-refractivity contribution in [3.05, 3.63) is 69.7 Å². The molecule has 0 aromatic heterocycles. The Labute approximate surface area is 128 Å². The van der Waals surface area contributed by atoms with E-state index < -0.39 is 11.6 Å². The molecule has 0 saturated carbocycles.